The van der Waals surface area contributed by atoms with Gasteiger partial charge in [-0.05, 0) is 49.1 Å². The zero-order valence-electron chi connectivity index (χ0n) is 16.2. The molecule has 4 rings (SSSR count). The van der Waals surface area contributed by atoms with Crippen molar-refractivity contribution in [2.45, 2.75) is 31.7 Å². The molecular weight excluding hydrogens is 352 g/mol. The van der Waals surface area contributed by atoms with Crippen LogP contribution in [-0.2, 0) is 11.2 Å². The number of hydrogen-bond donors (Lipinski definition) is 1. The number of ether oxygens (including phenoxy) is 2. The largest absolute Gasteiger partial charge is 0.490 e. The van der Waals surface area contributed by atoms with E-state index in [1.54, 1.807) is 0 Å². The lowest BCUT2D eigenvalue weighted by Crippen LogP contribution is -2.37. The van der Waals surface area contributed by atoms with Crippen molar-refractivity contribution in [3.8, 4) is 11.5 Å². The first-order chi connectivity index (χ1) is 13.8. The monoisotopic (exact) mass is 380 g/mol. The van der Waals surface area contributed by atoms with Gasteiger partial charge >= 0.3 is 0 Å². The van der Waals surface area contributed by atoms with Gasteiger partial charge in [0.2, 0.25) is 5.91 Å². The molecule has 1 atom stereocenters. The summed E-state index contributed by atoms with van der Waals surface area (Å²) < 4.78 is 11.6. The van der Waals surface area contributed by atoms with Crippen molar-refractivity contribution in [1.29, 1.82) is 0 Å². The molecule has 1 unspecified atom stereocenters. The minimum absolute atomic E-state index is 0.0946. The number of nitrogens with one attached hydrogen (secondary N) is 1. The molecule has 2 aliphatic heterocycles. The summed E-state index contributed by atoms with van der Waals surface area (Å²) in [7, 11) is 0. The molecule has 0 radical (unpaired) electrons. The minimum Gasteiger partial charge on any atom is -0.490 e. The fourth-order valence-corrected chi connectivity index (χ4v) is 4.01. The predicted octanol–water partition coefficient (Wildman–Crippen LogP) is 3.34. The lowest BCUT2D eigenvalue weighted by molar-refractivity contribution is -0.122. The molecule has 1 fully saturated rings. The summed E-state index contributed by atoms with van der Waals surface area (Å²) in [4.78, 5) is 14.7. The molecule has 1 N–H and O–H groups in total. The first-order valence-corrected chi connectivity index (χ1v) is 10.2. The smallest absolute Gasteiger partial charge is 0.234 e. The summed E-state index contributed by atoms with van der Waals surface area (Å²) in [5.41, 5.74) is 2.45. The van der Waals surface area contributed by atoms with Crippen molar-refractivity contribution in [1.82, 2.24) is 10.2 Å². The van der Waals surface area contributed by atoms with Crippen molar-refractivity contribution in [3.63, 3.8) is 0 Å². The summed E-state index contributed by atoms with van der Waals surface area (Å²) in [5, 5.41) is 3.06. The third-order valence-electron chi connectivity index (χ3n) is 5.45. The van der Waals surface area contributed by atoms with Gasteiger partial charge in [-0.3, -0.25) is 9.69 Å². The van der Waals surface area contributed by atoms with Gasteiger partial charge in [-0.1, -0.05) is 36.4 Å². The van der Waals surface area contributed by atoms with Crippen molar-refractivity contribution in [3.05, 3.63) is 59.7 Å². The van der Waals surface area contributed by atoms with Crippen LogP contribution >= 0.6 is 0 Å². The molecule has 2 heterocycles. The number of carbonyl (C=O) groups is 1. The van der Waals surface area contributed by atoms with Crippen molar-refractivity contribution in [2.24, 2.45) is 0 Å². The van der Waals surface area contributed by atoms with E-state index in [0.717, 1.165) is 43.7 Å². The van der Waals surface area contributed by atoms with Gasteiger partial charge < -0.3 is 14.8 Å². The summed E-state index contributed by atoms with van der Waals surface area (Å²) in [6, 6.07) is 16.7. The summed E-state index contributed by atoms with van der Waals surface area (Å²) in [6.45, 7) is 3.45. The normalized spacial score (nSPS) is 19.2. The fraction of sp³-hybridized carbons (Fsp3) is 0.435. The molecule has 28 heavy (non-hydrogen) atoms. The van der Waals surface area contributed by atoms with E-state index in [1.807, 2.05) is 24.3 Å². The fourth-order valence-electron chi connectivity index (χ4n) is 4.01. The first kappa shape index (κ1) is 18.8. The highest BCUT2D eigenvalue weighted by atomic mass is 16.5. The highest BCUT2D eigenvalue weighted by Crippen LogP contribution is 2.37. The van der Waals surface area contributed by atoms with E-state index in [0.29, 0.717) is 26.3 Å². The van der Waals surface area contributed by atoms with E-state index in [1.165, 1.54) is 11.1 Å². The molecule has 1 saturated heterocycles. The molecule has 2 aromatic carbocycles. The average molecular weight is 380 g/mol. The van der Waals surface area contributed by atoms with Gasteiger partial charge in [0.1, 0.15) is 0 Å². The van der Waals surface area contributed by atoms with Crippen LogP contribution in [0.3, 0.4) is 0 Å². The quantitative estimate of drug-likeness (QED) is 0.835. The van der Waals surface area contributed by atoms with E-state index in [2.05, 4.69) is 34.5 Å². The summed E-state index contributed by atoms with van der Waals surface area (Å²) in [5.74, 6) is 1.75. The maximum Gasteiger partial charge on any atom is 0.234 e. The van der Waals surface area contributed by atoms with Crippen molar-refractivity contribution >= 4 is 5.91 Å². The van der Waals surface area contributed by atoms with Crippen LogP contribution in [0.1, 0.15) is 36.4 Å². The van der Waals surface area contributed by atoms with Crippen LogP contribution < -0.4 is 14.8 Å². The van der Waals surface area contributed by atoms with Crippen LogP contribution in [0, 0.1) is 0 Å². The van der Waals surface area contributed by atoms with E-state index >= 15 is 0 Å². The van der Waals surface area contributed by atoms with Gasteiger partial charge in [-0.2, -0.15) is 0 Å². The van der Waals surface area contributed by atoms with Crippen LogP contribution in [0.2, 0.25) is 0 Å². The van der Waals surface area contributed by atoms with Crippen LogP contribution in [0.15, 0.2) is 48.5 Å². The second-order valence-corrected chi connectivity index (χ2v) is 7.47. The van der Waals surface area contributed by atoms with Gasteiger partial charge in [0.25, 0.3) is 0 Å². The van der Waals surface area contributed by atoms with Crippen molar-refractivity contribution in [2.75, 3.05) is 32.8 Å². The summed E-state index contributed by atoms with van der Waals surface area (Å²) >= 11 is 0. The lowest BCUT2D eigenvalue weighted by atomic mass is 10.0. The minimum atomic E-state index is 0.0946. The second kappa shape index (κ2) is 9.11. The molecule has 5 nitrogen and oxygen atoms in total. The highest BCUT2D eigenvalue weighted by molar-refractivity contribution is 5.78. The number of rotatable bonds is 6. The van der Waals surface area contributed by atoms with E-state index < -0.39 is 0 Å². The zero-order chi connectivity index (χ0) is 19.2. The molecule has 1 amide bonds. The van der Waals surface area contributed by atoms with Crippen LogP contribution in [0.5, 0.6) is 11.5 Å². The maximum absolute atomic E-state index is 12.4. The summed E-state index contributed by atoms with van der Waals surface area (Å²) in [6.07, 6.45) is 3.94. The van der Waals surface area contributed by atoms with Crippen LogP contribution in [0.25, 0.3) is 0 Å². The molecular formula is C23H28N2O3. The number of benzene rings is 2. The Kier molecular flexibility index (Phi) is 6.12. The molecule has 2 aliphatic rings. The number of amides is 1. The maximum atomic E-state index is 12.4. The predicted molar refractivity (Wildman–Crippen MR) is 109 cm³/mol. The molecule has 148 valence electrons. The Hall–Kier alpha value is -2.53. The number of hydrogen-bond acceptors (Lipinski definition) is 4. The second-order valence-electron chi connectivity index (χ2n) is 7.47. The van der Waals surface area contributed by atoms with Gasteiger partial charge in [0.15, 0.2) is 11.5 Å². The van der Waals surface area contributed by atoms with Crippen molar-refractivity contribution < 1.29 is 14.3 Å². The zero-order valence-corrected chi connectivity index (χ0v) is 16.2. The third kappa shape index (κ3) is 4.65. The lowest BCUT2D eigenvalue weighted by Gasteiger charge is -2.25. The van der Waals surface area contributed by atoms with Crippen LogP contribution in [0.4, 0.5) is 0 Å². The molecule has 0 saturated carbocycles. The Morgan fingerprint density at radius 1 is 1.04 bits per heavy atom. The third-order valence-corrected chi connectivity index (χ3v) is 5.45. The molecule has 0 aromatic heterocycles. The highest BCUT2D eigenvalue weighted by Gasteiger charge is 2.28. The van der Waals surface area contributed by atoms with Crippen LogP contribution in [-0.4, -0.2) is 43.7 Å². The van der Waals surface area contributed by atoms with Gasteiger partial charge in [0.05, 0.1) is 19.8 Å². The molecule has 0 bridgehead atoms. The molecule has 0 spiro atoms. The van der Waals surface area contributed by atoms with Gasteiger partial charge in [-0.25, -0.2) is 0 Å². The Balaban J connectivity index is 1.33. The molecule has 2 aromatic rings. The standard InChI is InChI=1S/C23H28N2O3/c26-23(24-12-11-18-6-2-1-3-7-18)17-25-13-4-8-20(25)19-9-10-21-22(16-19)28-15-5-14-27-21/h1-3,6-7,9-10,16,20H,4-5,8,11-15,17H2,(H,24,26). The van der Waals surface area contributed by atoms with E-state index in [9.17, 15) is 4.79 Å². The Bertz CT molecular complexity index is 794. The Morgan fingerprint density at radius 2 is 1.86 bits per heavy atom. The number of carbonyl (C=O) groups excluding carboxylic acids is 1. The van der Waals surface area contributed by atoms with Gasteiger partial charge in [0, 0.05) is 19.0 Å². The van der Waals surface area contributed by atoms with E-state index in [4.69, 9.17) is 9.47 Å². The molecule has 0 aliphatic carbocycles. The number of nitrogens with zero attached hydrogens (tertiary/aromatic N) is 1. The van der Waals surface area contributed by atoms with Gasteiger partial charge in [-0.15, -0.1) is 0 Å². The number of fused-ring (bicyclic) bond motifs is 1. The topological polar surface area (TPSA) is 50.8 Å². The first-order valence-electron chi connectivity index (χ1n) is 10.2. The Morgan fingerprint density at radius 3 is 2.71 bits per heavy atom. The average Bonchev–Trinajstić information content (AvgIpc) is 3.04. The molecule has 5 heteroatoms. The van der Waals surface area contributed by atoms with E-state index in [-0.39, 0.29) is 11.9 Å². The Labute approximate surface area is 166 Å². The number of likely N-dealkylation sites (tertiary alicyclic amines) is 1. The SMILES string of the molecule is O=C(CN1CCCC1c1ccc2c(c1)OCCCO2)NCCc1ccccc1.